The molecule has 29 heavy (non-hydrogen) atoms. The third kappa shape index (κ3) is 4.00. The summed E-state index contributed by atoms with van der Waals surface area (Å²) in [4.78, 5) is 29.3. The van der Waals surface area contributed by atoms with Gasteiger partial charge in [0.2, 0.25) is 11.8 Å². The average Bonchev–Trinajstić information content (AvgIpc) is 2.98. The third-order valence-electron chi connectivity index (χ3n) is 7.09. The molecule has 2 N–H and O–H groups in total. The topological polar surface area (TPSA) is 72.9 Å². The number of piperidine rings is 1. The van der Waals surface area contributed by atoms with Crippen LogP contribution in [0.2, 0.25) is 0 Å². The van der Waals surface area contributed by atoms with Gasteiger partial charge in [0.05, 0.1) is 11.5 Å². The van der Waals surface area contributed by atoms with Crippen LogP contribution >= 0.6 is 0 Å². The number of aliphatic hydroxyl groups is 1. The van der Waals surface area contributed by atoms with E-state index in [0.29, 0.717) is 11.9 Å². The van der Waals surface area contributed by atoms with Crippen molar-refractivity contribution in [2.24, 2.45) is 5.41 Å². The number of nitrogens with one attached hydrogen (secondary N) is 1. The lowest BCUT2D eigenvalue weighted by atomic mass is 9.78. The molecule has 1 aromatic carbocycles. The molecule has 6 heteroatoms. The van der Waals surface area contributed by atoms with E-state index in [1.54, 1.807) is 0 Å². The maximum absolute atomic E-state index is 13.5. The van der Waals surface area contributed by atoms with Crippen LogP contribution in [0.3, 0.4) is 0 Å². The van der Waals surface area contributed by atoms with Gasteiger partial charge in [-0.25, -0.2) is 0 Å². The molecule has 6 nitrogen and oxygen atoms in total. The summed E-state index contributed by atoms with van der Waals surface area (Å²) in [7, 11) is 0. The molecule has 3 aliphatic rings. The molecule has 2 aliphatic heterocycles. The molecular formula is C23H33N3O3. The van der Waals surface area contributed by atoms with E-state index < -0.39 is 0 Å². The summed E-state index contributed by atoms with van der Waals surface area (Å²) < 4.78 is 0. The normalized spacial score (nSPS) is 30.1. The molecule has 158 valence electrons. The van der Waals surface area contributed by atoms with Crippen LogP contribution in [0.25, 0.3) is 0 Å². The van der Waals surface area contributed by atoms with Gasteiger partial charge in [0.15, 0.2) is 0 Å². The highest BCUT2D eigenvalue weighted by molar-refractivity contribution is 5.89. The Bertz CT molecular complexity index is 788. The minimum Gasteiger partial charge on any atom is -0.393 e. The molecule has 1 aliphatic carbocycles. The van der Waals surface area contributed by atoms with Gasteiger partial charge in [-0.1, -0.05) is 0 Å². The molecule has 1 atom stereocenters. The number of hydrogen-bond donors (Lipinski definition) is 2. The van der Waals surface area contributed by atoms with Crippen molar-refractivity contribution in [3.05, 3.63) is 23.8 Å². The summed E-state index contributed by atoms with van der Waals surface area (Å²) in [5, 5.41) is 12.6. The second kappa shape index (κ2) is 7.98. The van der Waals surface area contributed by atoms with Gasteiger partial charge in [-0.05, 0) is 75.6 Å². The second-order valence-electron chi connectivity index (χ2n) is 9.20. The number of benzene rings is 1. The van der Waals surface area contributed by atoms with Gasteiger partial charge in [0.25, 0.3) is 0 Å². The Morgan fingerprint density at radius 3 is 2.62 bits per heavy atom. The van der Waals surface area contributed by atoms with E-state index in [1.165, 1.54) is 6.92 Å². The van der Waals surface area contributed by atoms with Crippen LogP contribution in [0, 0.1) is 12.3 Å². The number of amides is 2. The van der Waals surface area contributed by atoms with Gasteiger partial charge in [-0.3, -0.25) is 9.59 Å². The zero-order valence-corrected chi connectivity index (χ0v) is 17.6. The van der Waals surface area contributed by atoms with Gasteiger partial charge in [0, 0.05) is 44.0 Å². The predicted octanol–water partition coefficient (Wildman–Crippen LogP) is 3.08. The van der Waals surface area contributed by atoms with Crippen LogP contribution in [-0.4, -0.2) is 53.6 Å². The van der Waals surface area contributed by atoms with Crippen LogP contribution in [0.15, 0.2) is 18.2 Å². The van der Waals surface area contributed by atoms with Crippen LogP contribution in [0.1, 0.15) is 57.4 Å². The Labute approximate surface area is 173 Å². The Hall–Kier alpha value is -2.08. The smallest absolute Gasteiger partial charge is 0.230 e. The lowest BCUT2D eigenvalue weighted by Gasteiger charge is -2.42. The lowest BCUT2D eigenvalue weighted by molar-refractivity contribution is -0.139. The first kappa shape index (κ1) is 20.2. The lowest BCUT2D eigenvalue weighted by Crippen LogP contribution is -2.50. The number of rotatable bonds is 3. The highest BCUT2D eigenvalue weighted by atomic mass is 16.3. The fourth-order valence-corrected chi connectivity index (χ4v) is 5.57. The molecule has 3 fully saturated rings. The van der Waals surface area contributed by atoms with Crippen LogP contribution in [-0.2, 0) is 9.59 Å². The largest absolute Gasteiger partial charge is 0.393 e. The fourth-order valence-electron chi connectivity index (χ4n) is 5.57. The van der Waals surface area contributed by atoms with Crippen LogP contribution in [0.4, 0.5) is 11.4 Å². The molecule has 4 rings (SSSR count). The average molecular weight is 400 g/mol. The Balaban J connectivity index is 1.48. The molecule has 0 aromatic heterocycles. The van der Waals surface area contributed by atoms with Crippen molar-refractivity contribution in [2.75, 3.05) is 29.9 Å². The Morgan fingerprint density at radius 2 is 1.93 bits per heavy atom. The number of carbonyl (C=O) groups excluding carboxylic acids is 2. The van der Waals surface area contributed by atoms with Crippen molar-refractivity contribution < 1.29 is 14.7 Å². The van der Waals surface area contributed by atoms with Crippen molar-refractivity contribution in [3.8, 4) is 0 Å². The summed E-state index contributed by atoms with van der Waals surface area (Å²) in [5.41, 5.74) is 2.83. The SMILES string of the molecule is CC(=O)Nc1ccc(N2CCCC3(CCN([C@H]4CC[C@H](O)CC4)C3=O)C2)c(C)c1. The minimum absolute atomic E-state index is 0.0686. The van der Waals surface area contributed by atoms with E-state index in [-0.39, 0.29) is 17.4 Å². The number of likely N-dealkylation sites (tertiary alicyclic amines) is 1. The Kier molecular flexibility index (Phi) is 5.56. The number of hydrogen-bond acceptors (Lipinski definition) is 4. The fraction of sp³-hybridized carbons (Fsp3) is 0.652. The van der Waals surface area contributed by atoms with Gasteiger partial charge in [-0.15, -0.1) is 0 Å². The quantitative estimate of drug-likeness (QED) is 0.819. The van der Waals surface area contributed by atoms with Gasteiger partial charge >= 0.3 is 0 Å². The van der Waals surface area contributed by atoms with Crippen molar-refractivity contribution in [1.29, 1.82) is 0 Å². The first-order valence-corrected chi connectivity index (χ1v) is 11.0. The van der Waals surface area contributed by atoms with Crippen molar-refractivity contribution in [3.63, 3.8) is 0 Å². The molecule has 2 heterocycles. The number of nitrogens with zero attached hydrogens (tertiary/aromatic N) is 2. The van der Waals surface area contributed by atoms with Crippen LogP contribution < -0.4 is 10.2 Å². The highest BCUT2D eigenvalue weighted by Crippen LogP contribution is 2.44. The standard InChI is InChI=1S/C23H33N3O3/c1-16-14-18(24-17(2)27)4-9-21(16)25-12-3-10-23(15-25)11-13-26(22(23)29)19-5-7-20(28)8-6-19/h4,9,14,19-20,28H,3,5-8,10-13,15H2,1-2H3,(H,24,27)/t19-,20-,23?. The maximum atomic E-state index is 13.5. The summed E-state index contributed by atoms with van der Waals surface area (Å²) >= 11 is 0. The van der Waals surface area contributed by atoms with Gasteiger partial charge < -0.3 is 20.2 Å². The summed E-state index contributed by atoms with van der Waals surface area (Å²) in [6, 6.07) is 6.33. The van der Waals surface area contributed by atoms with E-state index in [0.717, 1.165) is 81.5 Å². The highest BCUT2D eigenvalue weighted by Gasteiger charge is 2.50. The first-order valence-electron chi connectivity index (χ1n) is 11.0. The predicted molar refractivity (Wildman–Crippen MR) is 114 cm³/mol. The van der Waals surface area contributed by atoms with Gasteiger partial charge in [-0.2, -0.15) is 0 Å². The number of aliphatic hydroxyl groups excluding tert-OH is 1. The van der Waals surface area contributed by atoms with E-state index in [2.05, 4.69) is 28.1 Å². The number of aryl methyl sites for hydroxylation is 1. The van der Waals surface area contributed by atoms with Crippen molar-refractivity contribution in [1.82, 2.24) is 4.90 Å². The maximum Gasteiger partial charge on any atom is 0.230 e. The molecule has 2 saturated heterocycles. The molecule has 0 bridgehead atoms. The molecule has 1 saturated carbocycles. The molecule has 0 radical (unpaired) electrons. The zero-order chi connectivity index (χ0) is 20.6. The van der Waals surface area contributed by atoms with Gasteiger partial charge in [0.1, 0.15) is 0 Å². The van der Waals surface area contributed by atoms with Crippen LogP contribution in [0.5, 0.6) is 0 Å². The zero-order valence-electron chi connectivity index (χ0n) is 17.6. The van der Waals surface area contributed by atoms with Crippen molar-refractivity contribution in [2.45, 2.75) is 70.9 Å². The number of carbonyl (C=O) groups is 2. The summed E-state index contributed by atoms with van der Waals surface area (Å²) in [5.74, 6) is 0.261. The first-order chi connectivity index (χ1) is 13.9. The van der Waals surface area contributed by atoms with E-state index in [1.807, 2.05) is 12.1 Å². The molecular weight excluding hydrogens is 366 g/mol. The molecule has 1 spiro atoms. The summed E-state index contributed by atoms with van der Waals surface area (Å²) in [6.45, 7) is 6.18. The number of anilines is 2. The van der Waals surface area contributed by atoms with E-state index in [4.69, 9.17) is 0 Å². The monoisotopic (exact) mass is 399 g/mol. The molecule has 1 aromatic rings. The Morgan fingerprint density at radius 1 is 1.17 bits per heavy atom. The third-order valence-corrected chi connectivity index (χ3v) is 7.09. The van der Waals surface area contributed by atoms with Crippen molar-refractivity contribution >= 4 is 23.2 Å². The molecule has 1 unspecified atom stereocenters. The second-order valence-corrected chi connectivity index (χ2v) is 9.20. The molecule has 2 amide bonds. The van der Waals surface area contributed by atoms with E-state index >= 15 is 0 Å². The van der Waals surface area contributed by atoms with E-state index in [9.17, 15) is 14.7 Å². The minimum atomic E-state index is -0.267. The summed E-state index contributed by atoms with van der Waals surface area (Å²) in [6.07, 6.45) is 6.22.